The van der Waals surface area contributed by atoms with Crippen LogP contribution in [0, 0.1) is 13.1 Å². The molecule has 0 aliphatic rings. The van der Waals surface area contributed by atoms with E-state index in [1.54, 1.807) is 6.92 Å². The number of benzene rings is 1. The van der Waals surface area contributed by atoms with Crippen LogP contribution in [0.3, 0.4) is 0 Å². The first kappa shape index (κ1) is 13.0. The Kier molecular flexibility index (Phi) is 4.63. The minimum Gasteiger partial charge on any atom is -0.481 e. The van der Waals surface area contributed by atoms with Gasteiger partial charge in [-0.1, -0.05) is 6.92 Å². The molecule has 1 rings (SSSR count). The molecule has 3 nitrogen and oxygen atoms in total. The molecule has 1 aromatic carbocycles. The Bertz CT molecular complexity index is 370. The van der Waals surface area contributed by atoms with Crippen LogP contribution in [-0.2, 0) is 11.2 Å². The molecule has 0 amide bonds. The van der Waals surface area contributed by atoms with Gasteiger partial charge in [0.15, 0.2) is 0 Å². The number of hydrogen-bond donors (Lipinski definition) is 2. The maximum atomic E-state index is 10.7. The number of rotatable bonds is 3. The Labute approximate surface area is 116 Å². The lowest BCUT2D eigenvalue weighted by Crippen LogP contribution is -2.12. The second-order valence-electron chi connectivity index (χ2n) is 3.42. The van der Waals surface area contributed by atoms with Crippen LogP contribution in [0.2, 0.25) is 0 Å². The number of carboxylic acids is 1. The van der Waals surface area contributed by atoms with Crippen molar-refractivity contribution in [3.05, 3.63) is 24.8 Å². The summed E-state index contributed by atoms with van der Waals surface area (Å²) in [5.74, 6) is -1.13. The van der Waals surface area contributed by atoms with Gasteiger partial charge in [0.05, 0.1) is 11.6 Å². The lowest BCUT2D eigenvalue weighted by atomic mass is 10.0. The fourth-order valence-electron chi connectivity index (χ4n) is 1.20. The first-order chi connectivity index (χ1) is 6.91. The molecule has 0 fully saturated rings. The van der Waals surface area contributed by atoms with Gasteiger partial charge in [0.1, 0.15) is 0 Å². The molecule has 5 heteroatoms. The zero-order valence-electron chi connectivity index (χ0n) is 8.13. The number of hydrogen-bond acceptors (Lipinski definition) is 2. The lowest BCUT2D eigenvalue weighted by molar-refractivity contribution is -0.141. The van der Waals surface area contributed by atoms with E-state index in [9.17, 15) is 4.79 Å². The summed E-state index contributed by atoms with van der Waals surface area (Å²) in [5.41, 5.74) is 7.60. The van der Waals surface area contributed by atoms with Crippen molar-refractivity contribution in [2.24, 2.45) is 5.92 Å². The van der Waals surface area contributed by atoms with Crippen molar-refractivity contribution in [1.82, 2.24) is 0 Å². The van der Waals surface area contributed by atoms with Crippen molar-refractivity contribution in [1.29, 1.82) is 0 Å². The minimum atomic E-state index is -0.767. The lowest BCUT2D eigenvalue weighted by Gasteiger charge is -2.09. The predicted molar refractivity (Wildman–Crippen MR) is 76.8 cm³/mol. The second-order valence-corrected chi connectivity index (χ2v) is 5.74. The zero-order valence-corrected chi connectivity index (χ0v) is 12.4. The molecule has 0 radical (unpaired) electrons. The quantitative estimate of drug-likeness (QED) is 0.572. The van der Waals surface area contributed by atoms with Crippen molar-refractivity contribution in [2.75, 3.05) is 5.73 Å². The van der Waals surface area contributed by atoms with Gasteiger partial charge in [0.25, 0.3) is 0 Å². The summed E-state index contributed by atoms with van der Waals surface area (Å²) < 4.78 is 1.96. The fraction of sp³-hybridized carbons (Fsp3) is 0.300. The van der Waals surface area contributed by atoms with Crippen molar-refractivity contribution in [2.45, 2.75) is 13.3 Å². The molecule has 0 aliphatic heterocycles. The monoisotopic (exact) mass is 431 g/mol. The summed E-state index contributed by atoms with van der Waals surface area (Å²) in [6.07, 6.45) is 0.543. The van der Waals surface area contributed by atoms with Crippen LogP contribution in [-0.4, -0.2) is 11.1 Å². The van der Waals surface area contributed by atoms with Crippen LogP contribution >= 0.6 is 45.2 Å². The molecular weight excluding hydrogens is 420 g/mol. The Hall–Kier alpha value is -0.0500. The molecule has 1 atom stereocenters. The highest BCUT2D eigenvalue weighted by atomic mass is 127. The summed E-state index contributed by atoms with van der Waals surface area (Å²) >= 11 is 4.32. The van der Waals surface area contributed by atoms with Crippen LogP contribution in [0.4, 0.5) is 5.69 Å². The third-order valence-corrected chi connectivity index (χ3v) is 3.89. The van der Waals surface area contributed by atoms with Crippen molar-refractivity contribution in [3.8, 4) is 0 Å². The highest BCUT2D eigenvalue weighted by Gasteiger charge is 2.13. The molecular formula is C10H11I2NO2. The van der Waals surface area contributed by atoms with Crippen LogP contribution in [0.15, 0.2) is 12.1 Å². The maximum absolute atomic E-state index is 10.7. The molecule has 15 heavy (non-hydrogen) atoms. The standard InChI is InChI=1S/C10H11I2NO2/c1-5(10(14)15)2-6-3-7(11)9(13)8(12)4-6/h3-5H,2,13H2,1H3,(H,14,15)/t5-/m1/s1. The molecule has 0 spiro atoms. The summed E-state index contributed by atoms with van der Waals surface area (Å²) in [5, 5.41) is 8.81. The minimum absolute atomic E-state index is 0.361. The smallest absolute Gasteiger partial charge is 0.306 e. The summed E-state index contributed by atoms with van der Waals surface area (Å²) in [6.45, 7) is 1.71. The highest BCUT2D eigenvalue weighted by molar-refractivity contribution is 14.1. The van der Waals surface area contributed by atoms with E-state index in [-0.39, 0.29) is 5.92 Å². The van der Waals surface area contributed by atoms with E-state index >= 15 is 0 Å². The number of anilines is 1. The number of aliphatic carboxylic acids is 1. The van der Waals surface area contributed by atoms with Crippen molar-refractivity contribution in [3.63, 3.8) is 0 Å². The van der Waals surface area contributed by atoms with Gasteiger partial charge in [0.2, 0.25) is 0 Å². The van der Waals surface area contributed by atoms with E-state index in [0.717, 1.165) is 18.4 Å². The summed E-state index contributed by atoms with van der Waals surface area (Å²) in [6, 6.07) is 3.88. The van der Waals surface area contributed by atoms with Gasteiger partial charge in [-0.25, -0.2) is 0 Å². The molecule has 0 bridgehead atoms. The summed E-state index contributed by atoms with van der Waals surface area (Å²) in [7, 11) is 0. The molecule has 0 saturated heterocycles. The van der Waals surface area contributed by atoms with Gasteiger partial charge in [0, 0.05) is 7.14 Å². The normalized spacial score (nSPS) is 12.5. The van der Waals surface area contributed by atoms with Crippen LogP contribution in [0.1, 0.15) is 12.5 Å². The molecule has 82 valence electrons. The second kappa shape index (κ2) is 5.33. The van der Waals surface area contributed by atoms with Crippen LogP contribution < -0.4 is 5.73 Å². The third-order valence-electron chi connectivity index (χ3n) is 2.10. The van der Waals surface area contributed by atoms with Crippen molar-refractivity contribution < 1.29 is 9.90 Å². The van der Waals surface area contributed by atoms with Crippen LogP contribution in [0.5, 0.6) is 0 Å². The number of halogens is 2. The van der Waals surface area contributed by atoms with Gasteiger partial charge in [-0.05, 0) is 69.3 Å². The average molecular weight is 431 g/mol. The molecule has 0 saturated carbocycles. The number of nitrogens with two attached hydrogens (primary N) is 1. The molecule has 3 N–H and O–H groups in total. The predicted octanol–water partition coefficient (Wildman–Crippen LogP) is 2.74. The van der Waals surface area contributed by atoms with Gasteiger partial charge in [-0.3, -0.25) is 4.79 Å². The Morgan fingerprint density at radius 3 is 2.33 bits per heavy atom. The van der Waals surface area contributed by atoms with Crippen molar-refractivity contribution >= 4 is 56.8 Å². The van der Waals surface area contributed by atoms with Crippen LogP contribution in [0.25, 0.3) is 0 Å². The van der Waals surface area contributed by atoms with E-state index in [4.69, 9.17) is 10.8 Å². The van der Waals surface area contributed by atoms with E-state index in [1.165, 1.54) is 0 Å². The first-order valence-corrected chi connectivity index (χ1v) is 6.53. The molecule has 1 aromatic rings. The number of nitrogen functional groups attached to an aromatic ring is 1. The Balaban J connectivity index is 2.92. The Morgan fingerprint density at radius 2 is 1.93 bits per heavy atom. The van der Waals surface area contributed by atoms with Gasteiger partial charge < -0.3 is 10.8 Å². The largest absolute Gasteiger partial charge is 0.481 e. The van der Waals surface area contributed by atoms with E-state index < -0.39 is 5.97 Å². The van der Waals surface area contributed by atoms with Gasteiger partial charge in [-0.15, -0.1) is 0 Å². The first-order valence-electron chi connectivity index (χ1n) is 4.38. The fourth-order valence-corrected chi connectivity index (χ4v) is 3.09. The van der Waals surface area contributed by atoms with E-state index in [0.29, 0.717) is 6.42 Å². The van der Waals surface area contributed by atoms with Gasteiger partial charge >= 0.3 is 5.97 Å². The van der Waals surface area contributed by atoms with E-state index in [1.807, 2.05) is 12.1 Å². The Morgan fingerprint density at radius 1 is 1.47 bits per heavy atom. The van der Waals surface area contributed by atoms with Gasteiger partial charge in [-0.2, -0.15) is 0 Å². The highest BCUT2D eigenvalue weighted by Crippen LogP contribution is 2.24. The molecule has 0 unspecified atom stereocenters. The summed E-state index contributed by atoms with van der Waals surface area (Å²) in [4.78, 5) is 10.7. The number of carbonyl (C=O) groups is 1. The molecule has 0 aliphatic carbocycles. The van der Waals surface area contributed by atoms with E-state index in [2.05, 4.69) is 45.2 Å². The zero-order chi connectivity index (χ0) is 11.6. The third kappa shape index (κ3) is 3.47. The molecule has 0 aromatic heterocycles. The average Bonchev–Trinajstić information content (AvgIpc) is 2.13. The topological polar surface area (TPSA) is 63.3 Å². The maximum Gasteiger partial charge on any atom is 0.306 e. The molecule has 0 heterocycles. The SMILES string of the molecule is C[C@H](Cc1cc(I)c(N)c(I)c1)C(=O)O. The number of carboxylic acid groups (broad SMARTS) is 1.